The highest BCUT2D eigenvalue weighted by Gasteiger charge is 2.28. The number of aromatic nitrogens is 2. The lowest BCUT2D eigenvalue weighted by molar-refractivity contribution is -0.149. The first-order valence-corrected chi connectivity index (χ1v) is 13.0. The van der Waals surface area contributed by atoms with E-state index in [-0.39, 0.29) is 36.0 Å². The van der Waals surface area contributed by atoms with Crippen molar-refractivity contribution in [3.63, 3.8) is 0 Å². The zero-order valence-corrected chi connectivity index (χ0v) is 21.1. The highest BCUT2D eigenvalue weighted by molar-refractivity contribution is 6.06. The second kappa shape index (κ2) is 10.1. The van der Waals surface area contributed by atoms with Gasteiger partial charge < -0.3 is 15.4 Å². The van der Waals surface area contributed by atoms with Crippen LogP contribution in [-0.2, 0) is 29.2 Å². The summed E-state index contributed by atoms with van der Waals surface area (Å²) in [6.07, 6.45) is 3.50. The van der Waals surface area contributed by atoms with Gasteiger partial charge in [0.2, 0.25) is 5.95 Å². The summed E-state index contributed by atoms with van der Waals surface area (Å²) in [5.41, 5.74) is 9.82. The number of halogens is 2. The number of nitrogens with zero attached hydrogens (tertiary/aromatic N) is 3. The topological polar surface area (TPSA) is 98.4 Å². The van der Waals surface area contributed by atoms with Crippen molar-refractivity contribution in [3.05, 3.63) is 88.6 Å². The van der Waals surface area contributed by atoms with Crippen molar-refractivity contribution in [1.82, 2.24) is 14.9 Å². The maximum absolute atomic E-state index is 14.4. The largest absolute Gasteiger partial charge is 0.461 e. The molecule has 0 spiro atoms. The van der Waals surface area contributed by atoms with Crippen LogP contribution in [0.25, 0.3) is 22.0 Å². The summed E-state index contributed by atoms with van der Waals surface area (Å²) in [6.45, 7) is 0.690. The number of amides is 1. The molecule has 7 nitrogen and oxygen atoms in total. The van der Waals surface area contributed by atoms with Crippen LogP contribution < -0.4 is 5.73 Å². The Kier molecular flexibility index (Phi) is 6.42. The van der Waals surface area contributed by atoms with Gasteiger partial charge in [-0.05, 0) is 59.4 Å². The van der Waals surface area contributed by atoms with Crippen LogP contribution in [0.4, 0.5) is 14.7 Å². The van der Waals surface area contributed by atoms with Gasteiger partial charge in [0.05, 0.1) is 11.4 Å². The Bertz CT molecular complexity index is 1590. The molecule has 0 atom stereocenters. The Morgan fingerprint density at radius 2 is 1.64 bits per heavy atom. The third-order valence-electron chi connectivity index (χ3n) is 7.56. The van der Waals surface area contributed by atoms with Crippen molar-refractivity contribution in [2.45, 2.75) is 45.4 Å². The summed E-state index contributed by atoms with van der Waals surface area (Å²) in [5, 5.41) is 0.432. The van der Waals surface area contributed by atoms with Crippen molar-refractivity contribution in [2.24, 2.45) is 5.92 Å². The molecule has 1 saturated carbocycles. The number of hydrogen-bond acceptors (Lipinski definition) is 6. The molecule has 2 N–H and O–H groups in total. The molecule has 9 heteroatoms. The van der Waals surface area contributed by atoms with Gasteiger partial charge in [-0.3, -0.25) is 9.59 Å². The molecular formula is C30H26F2N4O3. The minimum Gasteiger partial charge on any atom is -0.461 e. The Labute approximate surface area is 223 Å². The van der Waals surface area contributed by atoms with Crippen molar-refractivity contribution < 1.29 is 23.1 Å². The van der Waals surface area contributed by atoms with Gasteiger partial charge in [-0.1, -0.05) is 43.2 Å². The van der Waals surface area contributed by atoms with Crippen LogP contribution in [0, 0.1) is 17.6 Å². The second-order valence-electron chi connectivity index (χ2n) is 10.1. The van der Waals surface area contributed by atoms with Crippen molar-refractivity contribution in [2.75, 3.05) is 5.73 Å². The Balaban J connectivity index is 1.36. The highest BCUT2D eigenvalue weighted by atomic mass is 19.2. The van der Waals surface area contributed by atoms with Crippen LogP contribution in [-0.4, -0.2) is 26.7 Å². The van der Waals surface area contributed by atoms with Crippen LogP contribution in [0.1, 0.15) is 52.9 Å². The van der Waals surface area contributed by atoms with Crippen LogP contribution in [0.15, 0.2) is 54.6 Å². The van der Waals surface area contributed by atoms with Crippen LogP contribution in [0.2, 0.25) is 0 Å². The standard InChI is InChI=1S/C30H26F2N4O3/c31-24-12-21(16-39-29(38)17-5-1-2-6-17)22(13-25(24)32)18-9-10-26-23(11-18)27(35-30(33)34-26)28(37)36-14-19-7-3-4-8-20(19)15-36/h3-4,7-13,17H,1-2,5-6,14-16H2,(H2,33,34,35). The average molecular weight is 529 g/mol. The molecular weight excluding hydrogens is 502 g/mol. The number of fused-ring (bicyclic) bond motifs is 2. The number of benzene rings is 3. The number of hydrogen-bond donors (Lipinski definition) is 1. The lowest BCUT2D eigenvalue weighted by atomic mass is 9.97. The van der Waals surface area contributed by atoms with Gasteiger partial charge in [-0.15, -0.1) is 0 Å². The molecule has 0 unspecified atom stereocenters. The van der Waals surface area contributed by atoms with E-state index in [0.717, 1.165) is 48.9 Å². The lowest BCUT2D eigenvalue weighted by Gasteiger charge is -2.17. The van der Waals surface area contributed by atoms with Crippen molar-refractivity contribution >= 4 is 28.7 Å². The smallest absolute Gasteiger partial charge is 0.309 e. The Morgan fingerprint density at radius 3 is 2.36 bits per heavy atom. The van der Waals surface area contributed by atoms with E-state index < -0.39 is 11.6 Å². The van der Waals surface area contributed by atoms with Crippen molar-refractivity contribution in [1.29, 1.82) is 0 Å². The average Bonchev–Trinajstić information content (AvgIpc) is 3.63. The van der Waals surface area contributed by atoms with Gasteiger partial charge in [0.1, 0.15) is 12.3 Å². The predicted octanol–water partition coefficient (Wildman–Crippen LogP) is 5.55. The molecule has 4 aromatic rings. The summed E-state index contributed by atoms with van der Waals surface area (Å²) in [6, 6.07) is 15.0. The maximum Gasteiger partial charge on any atom is 0.309 e. The van der Waals surface area contributed by atoms with E-state index in [1.807, 2.05) is 24.3 Å². The fraction of sp³-hybridized carbons (Fsp3) is 0.267. The highest BCUT2D eigenvalue weighted by Crippen LogP contribution is 2.33. The van der Waals surface area contributed by atoms with Crippen LogP contribution in [0.5, 0.6) is 0 Å². The van der Waals surface area contributed by atoms with E-state index in [9.17, 15) is 18.4 Å². The van der Waals surface area contributed by atoms with Gasteiger partial charge in [0, 0.05) is 24.0 Å². The van der Waals surface area contributed by atoms with Gasteiger partial charge in [0.15, 0.2) is 11.6 Å². The van der Waals surface area contributed by atoms with Gasteiger partial charge in [0.25, 0.3) is 5.91 Å². The van der Waals surface area contributed by atoms with E-state index >= 15 is 0 Å². The molecule has 0 radical (unpaired) electrons. The minimum atomic E-state index is -1.04. The normalized spacial score (nSPS) is 15.1. The molecule has 3 aromatic carbocycles. The Hall–Kier alpha value is -4.40. The number of carbonyl (C=O) groups excluding carboxylic acids is 2. The second-order valence-corrected chi connectivity index (χ2v) is 10.1. The molecule has 2 heterocycles. The molecule has 1 aliphatic carbocycles. The summed E-state index contributed by atoms with van der Waals surface area (Å²) in [7, 11) is 0. The van der Waals surface area contributed by atoms with Gasteiger partial charge in [-0.25, -0.2) is 18.7 Å². The van der Waals surface area contributed by atoms with E-state index in [1.165, 1.54) is 0 Å². The first-order valence-electron chi connectivity index (χ1n) is 13.0. The van der Waals surface area contributed by atoms with Crippen molar-refractivity contribution in [3.8, 4) is 11.1 Å². The monoisotopic (exact) mass is 528 g/mol. The molecule has 0 bridgehead atoms. The Morgan fingerprint density at radius 1 is 0.949 bits per heavy atom. The first kappa shape index (κ1) is 24.9. The number of ether oxygens (including phenoxy) is 1. The molecule has 1 aromatic heterocycles. The maximum atomic E-state index is 14.4. The van der Waals surface area contributed by atoms with Crippen LogP contribution in [0.3, 0.4) is 0 Å². The number of nitrogens with two attached hydrogens (primary N) is 1. The summed E-state index contributed by atoms with van der Waals surface area (Å²) < 4.78 is 34.2. The third kappa shape index (κ3) is 4.80. The third-order valence-corrected chi connectivity index (χ3v) is 7.56. The van der Waals surface area contributed by atoms with Gasteiger partial charge >= 0.3 is 5.97 Å². The number of nitrogen functional groups attached to an aromatic ring is 1. The zero-order chi connectivity index (χ0) is 27.1. The van der Waals surface area contributed by atoms with E-state index in [4.69, 9.17) is 10.5 Å². The number of rotatable bonds is 5. The molecule has 1 fully saturated rings. The molecule has 1 amide bonds. The van der Waals surface area contributed by atoms with E-state index in [0.29, 0.717) is 40.7 Å². The van der Waals surface area contributed by atoms with E-state index in [1.54, 1.807) is 23.1 Å². The molecule has 39 heavy (non-hydrogen) atoms. The van der Waals surface area contributed by atoms with Crippen LogP contribution >= 0.6 is 0 Å². The fourth-order valence-electron chi connectivity index (χ4n) is 5.51. The SMILES string of the molecule is Nc1nc(C(=O)N2Cc3ccccc3C2)c2cc(-c3cc(F)c(F)cc3COC(=O)C3CCCC3)ccc2n1. The number of anilines is 1. The van der Waals surface area contributed by atoms with E-state index in [2.05, 4.69) is 9.97 Å². The predicted molar refractivity (Wildman–Crippen MR) is 141 cm³/mol. The summed E-state index contributed by atoms with van der Waals surface area (Å²) in [4.78, 5) is 36.3. The zero-order valence-electron chi connectivity index (χ0n) is 21.1. The fourth-order valence-corrected chi connectivity index (χ4v) is 5.51. The lowest BCUT2D eigenvalue weighted by Crippen LogP contribution is -2.27. The summed E-state index contributed by atoms with van der Waals surface area (Å²) in [5.74, 6) is -2.90. The molecule has 198 valence electrons. The number of carbonyl (C=O) groups is 2. The quantitative estimate of drug-likeness (QED) is 0.341. The summed E-state index contributed by atoms with van der Waals surface area (Å²) >= 11 is 0. The molecule has 1 aliphatic heterocycles. The van der Waals surface area contributed by atoms with Gasteiger partial charge in [-0.2, -0.15) is 0 Å². The molecule has 0 saturated heterocycles. The first-order chi connectivity index (χ1) is 18.9. The molecule has 6 rings (SSSR count). The number of esters is 1. The minimum absolute atomic E-state index is 0.0392. The molecule has 2 aliphatic rings.